The standard InChI is InChI=1S/C11H11F3O2/c1-10(16,7-9(15)11(12,13)14)8-5-3-2-4-6-8/h2-6,16H,7H2,1H3. The van der Waals surface area contributed by atoms with E-state index >= 15 is 0 Å². The molecule has 5 heteroatoms. The van der Waals surface area contributed by atoms with Gasteiger partial charge in [-0.2, -0.15) is 13.2 Å². The number of aliphatic hydroxyl groups is 1. The summed E-state index contributed by atoms with van der Waals surface area (Å²) in [5.41, 5.74) is -1.51. The quantitative estimate of drug-likeness (QED) is 0.868. The van der Waals surface area contributed by atoms with Crippen LogP contribution in [0.15, 0.2) is 30.3 Å². The first-order valence-corrected chi connectivity index (χ1v) is 4.61. The molecule has 0 bridgehead atoms. The van der Waals surface area contributed by atoms with E-state index in [4.69, 9.17) is 0 Å². The molecular weight excluding hydrogens is 221 g/mol. The molecule has 1 unspecified atom stereocenters. The predicted molar refractivity (Wildman–Crippen MR) is 51.7 cm³/mol. The molecule has 0 aliphatic carbocycles. The van der Waals surface area contributed by atoms with E-state index in [1.165, 1.54) is 19.1 Å². The van der Waals surface area contributed by atoms with Crippen LogP contribution >= 0.6 is 0 Å². The minimum absolute atomic E-state index is 0.285. The molecule has 0 aliphatic heterocycles. The van der Waals surface area contributed by atoms with Crippen LogP contribution in [-0.2, 0) is 10.4 Å². The van der Waals surface area contributed by atoms with Gasteiger partial charge >= 0.3 is 6.18 Å². The second-order valence-electron chi connectivity index (χ2n) is 3.74. The predicted octanol–water partition coefficient (Wildman–Crippen LogP) is 2.42. The molecule has 0 aliphatic rings. The van der Waals surface area contributed by atoms with Crippen LogP contribution in [0.1, 0.15) is 18.9 Å². The topological polar surface area (TPSA) is 37.3 Å². The molecule has 16 heavy (non-hydrogen) atoms. The molecule has 2 nitrogen and oxygen atoms in total. The van der Waals surface area contributed by atoms with Crippen molar-refractivity contribution in [2.75, 3.05) is 0 Å². The van der Waals surface area contributed by atoms with E-state index < -0.39 is 24.0 Å². The number of ketones is 1. The fourth-order valence-corrected chi connectivity index (χ4v) is 1.31. The van der Waals surface area contributed by atoms with Crippen molar-refractivity contribution in [1.82, 2.24) is 0 Å². The monoisotopic (exact) mass is 232 g/mol. The molecule has 88 valence electrons. The molecular formula is C11H11F3O2. The van der Waals surface area contributed by atoms with Gasteiger partial charge in [0.1, 0.15) is 0 Å². The van der Waals surface area contributed by atoms with Crippen LogP contribution in [0.3, 0.4) is 0 Å². The third-order valence-electron chi connectivity index (χ3n) is 2.22. The molecule has 0 amide bonds. The number of hydrogen-bond donors (Lipinski definition) is 1. The van der Waals surface area contributed by atoms with Gasteiger partial charge < -0.3 is 5.11 Å². The highest BCUT2D eigenvalue weighted by molar-refractivity contribution is 5.85. The van der Waals surface area contributed by atoms with Crippen LogP contribution in [0.4, 0.5) is 13.2 Å². The number of alkyl halides is 3. The van der Waals surface area contributed by atoms with Gasteiger partial charge in [-0.15, -0.1) is 0 Å². The second kappa shape index (κ2) is 4.25. The summed E-state index contributed by atoms with van der Waals surface area (Å²) in [6.07, 6.45) is -5.88. The molecule has 0 aromatic heterocycles. The Morgan fingerprint density at radius 3 is 2.19 bits per heavy atom. The SMILES string of the molecule is CC(O)(CC(=O)C(F)(F)F)c1ccccc1. The zero-order valence-electron chi connectivity index (χ0n) is 8.58. The molecule has 0 saturated carbocycles. The van der Waals surface area contributed by atoms with Crippen LogP contribution in [0.5, 0.6) is 0 Å². The van der Waals surface area contributed by atoms with Crippen molar-refractivity contribution < 1.29 is 23.1 Å². The fraction of sp³-hybridized carbons (Fsp3) is 0.364. The number of carbonyl (C=O) groups is 1. The Morgan fingerprint density at radius 2 is 1.75 bits per heavy atom. The van der Waals surface area contributed by atoms with Crippen molar-refractivity contribution in [3.05, 3.63) is 35.9 Å². The molecule has 0 radical (unpaired) electrons. The first-order chi connectivity index (χ1) is 7.23. The maximum Gasteiger partial charge on any atom is 0.450 e. The van der Waals surface area contributed by atoms with Crippen molar-refractivity contribution in [2.45, 2.75) is 25.1 Å². The summed E-state index contributed by atoms with van der Waals surface area (Å²) in [5, 5.41) is 9.80. The average Bonchev–Trinajstić information content (AvgIpc) is 2.17. The summed E-state index contributed by atoms with van der Waals surface area (Å²) in [4.78, 5) is 10.8. The third-order valence-corrected chi connectivity index (χ3v) is 2.22. The zero-order chi connectivity index (χ0) is 12.4. The van der Waals surface area contributed by atoms with Gasteiger partial charge in [-0.1, -0.05) is 30.3 Å². The normalized spacial score (nSPS) is 15.6. The molecule has 1 rings (SSSR count). The van der Waals surface area contributed by atoms with Crippen molar-refractivity contribution >= 4 is 5.78 Å². The fourth-order valence-electron chi connectivity index (χ4n) is 1.31. The van der Waals surface area contributed by atoms with E-state index in [0.29, 0.717) is 0 Å². The van der Waals surface area contributed by atoms with E-state index in [-0.39, 0.29) is 5.56 Å². The van der Waals surface area contributed by atoms with Crippen LogP contribution in [-0.4, -0.2) is 17.1 Å². The Balaban J connectivity index is 2.85. The minimum Gasteiger partial charge on any atom is -0.385 e. The van der Waals surface area contributed by atoms with Crippen molar-refractivity contribution in [3.8, 4) is 0 Å². The van der Waals surface area contributed by atoms with Crippen molar-refractivity contribution in [3.63, 3.8) is 0 Å². The van der Waals surface area contributed by atoms with Gasteiger partial charge in [0.25, 0.3) is 0 Å². The Morgan fingerprint density at radius 1 is 1.25 bits per heavy atom. The lowest BCUT2D eigenvalue weighted by atomic mass is 9.90. The summed E-state index contributed by atoms with van der Waals surface area (Å²) in [7, 11) is 0. The average molecular weight is 232 g/mol. The Labute approximate surface area is 90.7 Å². The lowest BCUT2D eigenvalue weighted by molar-refractivity contribution is -0.175. The maximum atomic E-state index is 12.0. The molecule has 0 heterocycles. The number of halogens is 3. The molecule has 1 N–H and O–H groups in total. The summed E-state index contributed by atoms with van der Waals surface area (Å²) in [5.74, 6) is -1.93. The summed E-state index contributed by atoms with van der Waals surface area (Å²) < 4.78 is 36.1. The molecule has 0 saturated heterocycles. The Kier molecular flexibility index (Phi) is 3.38. The van der Waals surface area contributed by atoms with Gasteiger partial charge in [0, 0.05) is 6.42 Å². The summed E-state index contributed by atoms with van der Waals surface area (Å²) in [6.45, 7) is 1.19. The zero-order valence-corrected chi connectivity index (χ0v) is 8.58. The van der Waals surface area contributed by atoms with Gasteiger partial charge in [-0.3, -0.25) is 4.79 Å². The molecule has 0 spiro atoms. The number of Topliss-reactive ketones (excluding diaryl/α,β-unsaturated/α-hetero) is 1. The lowest BCUT2D eigenvalue weighted by Gasteiger charge is -2.23. The Bertz CT molecular complexity index is 369. The smallest absolute Gasteiger partial charge is 0.385 e. The molecule has 1 aromatic rings. The van der Waals surface area contributed by atoms with Gasteiger partial charge in [0.05, 0.1) is 5.60 Å². The van der Waals surface area contributed by atoms with Crippen molar-refractivity contribution in [1.29, 1.82) is 0 Å². The Hall–Kier alpha value is -1.36. The van der Waals surface area contributed by atoms with Gasteiger partial charge in [0.15, 0.2) is 0 Å². The first kappa shape index (κ1) is 12.7. The molecule has 0 fully saturated rings. The van der Waals surface area contributed by atoms with Crippen LogP contribution in [0.25, 0.3) is 0 Å². The van der Waals surface area contributed by atoms with Crippen molar-refractivity contribution in [2.24, 2.45) is 0 Å². The number of benzene rings is 1. The largest absolute Gasteiger partial charge is 0.450 e. The first-order valence-electron chi connectivity index (χ1n) is 4.61. The lowest BCUT2D eigenvalue weighted by Crippen LogP contribution is -2.32. The highest BCUT2D eigenvalue weighted by atomic mass is 19.4. The number of carbonyl (C=O) groups excluding carboxylic acids is 1. The van der Waals surface area contributed by atoms with E-state index in [1.54, 1.807) is 18.2 Å². The highest BCUT2D eigenvalue weighted by Gasteiger charge is 2.42. The van der Waals surface area contributed by atoms with E-state index in [0.717, 1.165) is 0 Å². The number of rotatable bonds is 3. The van der Waals surface area contributed by atoms with E-state index in [1.807, 2.05) is 0 Å². The van der Waals surface area contributed by atoms with Gasteiger partial charge in [0.2, 0.25) is 5.78 Å². The van der Waals surface area contributed by atoms with Crippen LogP contribution in [0.2, 0.25) is 0 Å². The van der Waals surface area contributed by atoms with Gasteiger partial charge in [-0.25, -0.2) is 0 Å². The highest BCUT2D eigenvalue weighted by Crippen LogP contribution is 2.29. The third kappa shape index (κ3) is 3.06. The maximum absolute atomic E-state index is 12.0. The summed E-state index contributed by atoms with van der Waals surface area (Å²) in [6, 6.07) is 7.79. The van der Waals surface area contributed by atoms with Crippen LogP contribution in [0, 0.1) is 0 Å². The van der Waals surface area contributed by atoms with Gasteiger partial charge in [-0.05, 0) is 12.5 Å². The van der Waals surface area contributed by atoms with Crippen LogP contribution < -0.4 is 0 Å². The second-order valence-corrected chi connectivity index (χ2v) is 3.74. The molecule has 1 atom stereocenters. The van der Waals surface area contributed by atoms with E-state index in [2.05, 4.69) is 0 Å². The van der Waals surface area contributed by atoms with E-state index in [9.17, 15) is 23.1 Å². The minimum atomic E-state index is -4.90. The number of hydrogen-bond acceptors (Lipinski definition) is 2. The molecule has 1 aromatic carbocycles. The summed E-state index contributed by atoms with van der Waals surface area (Å²) >= 11 is 0.